The number of oxime groups is 1. The third-order valence-electron chi connectivity index (χ3n) is 4.53. The van der Waals surface area contributed by atoms with E-state index in [4.69, 9.17) is 36.8 Å². The van der Waals surface area contributed by atoms with Gasteiger partial charge in [-0.2, -0.15) is 0 Å². The van der Waals surface area contributed by atoms with Crippen LogP contribution < -0.4 is 5.73 Å². The van der Waals surface area contributed by atoms with Gasteiger partial charge in [0.05, 0.1) is 10.6 Å². The average molecular weight is 417 g/mol. The molecular formula is C20H17ClN2O6. The fourth-order valence-corrected chi connectivity index (χ4v) is 3.22. The van der Waals surface area contributed by atoms with Crippen molar-refractivity contribution < 1.29 is 29.1 Å². The molecule has 0 aliphatic heterocycles. The zero-order valence-corrected chi connectivity index (χ0v) is 16.3. The smallest absolute Gasteiger partial charge is 0.371 e. The van der Waals surface area contributed by atoms with E-state index >= 15 is 0 Å². The first-order chi connectivity index (χ1) is 13.7. The Bertz CT molecular complexity index is 1170. The van der Waals surface area contributed by atoms with E-state index in [0.717, 1.165) is 5.56 Å². The zero-order valence-electron chi connectivity index (χ0n) is 15.5. The first-order valence-corrected chi connectivity index (χ1v) is 8.81. The molecule has 3 rings (SSSR count). The van der Waals surface area contributed by atoms with Crippen LogP contribution in [0, 0.1) is 13.8 Å². The molecule has 3 aromatic rings. The van der Waals surface area contributed by atoms with E-state index in [0.29, 0.717) is 22.1 Å². The molecule has 1 heterocycles. The van der Waals surface area contributed by atoms with Crippen molar-refractivity contribution in [2.24, 2.45) is 10.9 Å². The molecule has 0 saturated carbocycles. The number of nitrogens with two attached hydrogens (primary N) is 1. The number of benzene rings is 2. The summed E-state index contributed by atoms with van der Waals surface area (Å²) in [5, 5.41) is 21.6. The van der Waals surface area contributed by atoms with E-state index in [-0.39, 0.29) is 34.4 Å². The van der Waals surface area contributed by atoms with Gasteiger partial charge in [-0.15, -0.1) is 0 Å². The Morgan fingerprint density at radius 2 is 1.97 bits per heavy atom. The Labute approximate surface area is 170 Å². The van der Waals surface area contributed by atoms with Crippen molar-refractivity contribution in [1.82, 2.24) is 0 Å². The van der Waals surface area contributed by atoms with E-state index < -0.39 is 11.9 Å². The lowest BCUT2D eigenvalue weighted by Crippen LogP contribution is -2.14. The maximum Gasteiger partial charge on any atom is 0.371 e. The summed E-state index contributed by atoms with van der Waals surface area (Å²) in [6.45, 7) is 3.55. The van der Waals surface area contributed by atoms with Crippen LogP contribution in [-0.2, 0) is 11.3 Å². The molecule has 150 valence electrons. The second-order valence-corrected chi connectivity index (χ2v) is 6.80. The number of aryl methyl sites for hydroxylation is 2. The molecule has 0 saturated heterocycles. The molecular weight excluding hydrogens is 400 g/mol. The summed E-state index contributed by atoms with van der Waals surface area (Å²) in [6.07, 6.45) is 0. The van der Waals surface area contributed by atoms with Gasteiger partial charge >= 0.3 is 11.9 Å². The highest BCUT2D eigenvalue weighted by molar-refractivity contribution is 6.34. The molecule has 0 spiro atoms. The summed E-state index contributed by atoms with van der Waals surface area (Å²) in [5.41, 5.74) is 8.62. The highest BCUT2D eigenvalue weighted by Crippen LogP contribution is 2.29. The van der Waals surface area contributed by atoms with Crippen molar-refractivity contribution in [1.29, 1.82) is 0 Å². The van der Waals surface area contributed by atoms with Crippen LogP contribution in [0.1, 0.15) is 43.2 Å². The first kappa shape index (κ1) is 20.2. The Morgan fingerprint density at radius 1 is 1.24 bits per heavy atom. The number of hydrogen-bond donors (Lipinski definition) is 3. The molecule has 0 atom stereocenters. The van der Waals surface area contributed by atoms with E-state index in [1.165, 1.54) is 24.3 Å². The second kappa shape index (κ2) is 7.84. The molecule has 29 heavy (non-hydrogen) atoms. The third kappa shape index (κ3) is 3.88. The van der Waals surface area contributed by atoms with E-state index in [9.17, 15) is 9.59 Å². The van der Waals surface area contributed by atoms with Gasteiger partial charge in [0.1, 0.15) is 12.2 Å². The second-order valence-electron chi connectivity index (χ2n) is 6.39. The fraction of sp³-hybridized carbons (Fsp3) is 0.150. The first-order valence-electron chi connectivity index (χ1n) is 8.43. The van der Waals surface area contributed by atoms with Crippen molar-refractivity contribution in [3.63, 3.8) is 0 Å². The Kier molecular flexibility index (Phi) is 5.47. The SMILES string of the molecule is Cc1cc(COC(=O)c2ccc(/C(N)=N\O)c(Cl)c2)c(C)c2oc(C(=O)O)cc12. The number of aromatic carboxylic acids is 1. The Morgan fingerprint density at radius 3 is 2.59 bits per heavy atom. The minimum absolute atomic E-state index is 0.0375. The standard InChI is InChI=1S/C20H17ClN2O6/c1-9-5-12(10(2)17-14(9)7-16(29-17)19(24)25)8-28-20(26)11-3-4-13(15(21)6-11)18(22)23-27/h3-7,27H,8H2,1-2H3,(H2,22,23)(H,24,25). The van der Waals surface area contributed by atoms with Gasteiger partial charge in [0.2, 0.25) is 5.76 Å². The van der Waals surface area contributed by atoms with Crippen molar-refractivity contribution >= 4 is 40.3 Å². The number of halogens is 1. The van der Waals surface area contributed by atoms with Crippen molar-refractivity contribution in [2.75, 3.05) is 0 Å². The van der Waals surface area contributed by atoms with Gasteiger partial charge in [-0.05, 0) is 54.8 Å². The van der Waals surface area contributed by atoms with E-state index in [1.54, 1.807) is 6.92 Å². The molecule has 1 aromatic heterocycles. The molecule has 2 aromatic carbocycles. The van der Waals surface area contributed by atoms with Crippen LogP contribution in [0.5, 0.6) is 0 Å². The lowest BCUT2D eigenvalue weighted by Gasteiger charge is -2.10. The summed E-state index contributed by atoms with van der Waals surface area (Å²) in [7, 11) is 0. The molecule has 0 amide bonds. The lowest BCUT2D eigenvalue weighted by molar-refractivity contribution is 0.0472. The topological polar surface area (TPSA) is 135 Å². The number of hydrogen-bond acceptors (Lipinski definition) is 6. The number of carboxylic acids is 1. The number of amidine groups is 1. The number of carbonyl (C=O) groups excluding carboxylic acids is 1. The number of esters is 1. The fourth-order valence-electron chi connectivity index (χ4n) is 2.94. The van der Waals surface area contributed by atoms with Gasteiger partial charge in [0, 0.05) is 10.9 Å². The van der Waals surface area contributed by atoms with Crippen molar-refractivity contribution in [3.8, 4) is 0 Å². The van der Waals surface area contributed by atoms with Gasteiger partial charge in [-0.1, -0.05) is 22.8 Å². The zero-order chi connectivity index (χ0) is 21.3. The van der Waals surface area contributed by atoms with Crippen LogP contribution in [0.2, 0.25) is 5.02 Å². The molecule has 9 heteroatoms. The number of nitrogens with zero attached hydrogens (tertiary/aromatic N) is 1. The largest absolute Gasteiger partial charge is 0.475 e. The molecule has 0 bridgehead atoms. The van der Waals surface area contributed by atoms with Gasteiger partial charge < -0.3 is 25.2 Å². The number of rotatable bonds is 5. The molecule has 4 N–H and O–H groups in total. The summed E-state index contributed by atoms with van der Waals surface area (Å²) in [4.78, 5) is 23.5. The predicted molar refractivity (Wildman–Crippen MR) is 106 cm³/mol. The molecule has 8 nitrogen and oxygen atoms in total. The number of carboxylic acid groups (broad SMARTS) is 1. The highest BCUT2D eigenvalue weighted by Gasteiger charge is 2.18. The van der Waals surface area contributed by atoms with Crippen LogP contribution in [0.25, 0.3) is 11.0 Å². The normalized spacial score (nSPS) is 11.6. The predicted octanol–water partition coefficient (Wildman–Crippen LogP) is 3.85. The quantitative estimate of drug-likeness (QED) is 0.189. The summed E-state index contributed by atoms with van der Waals surface area (Å²) in [6, 6.07) is 7.56. The highest BCUT2D eigenvalue weighted by atomic mass is 35.5. The maximum absolute atomic E-state index is 12.4. The average Bonchev–Trinajstić information content (AvgIpc) is 3.15. The van der Waals surface area contributed by atoms with Gasteiger partial charge in [-0.25, -0.2) is 9.59 Å². The molecule has 0 aliphatic rings. The number of ether oxygens (including phenoxy) is 1. The maximum atomic E-state index is 12.4. The lowest BCUT2D eigenvalue weighted by atomic mass is 10.0. The van der Waals surface area contributed by atoms with Crippen molar-refractivity contribution in [2.45, 2.75) is 20.5 Å². The summed E-state index contributed by atoms with van der Waals surface area (Å²) < 4.78 is 10.8. The van der Waals surface area contributed by atoms with Gasteiger partial charge in [0.25, 0.3) is 0 Å². The molecule has 0 unspecified atom stereocenters. The molecule has 0 radical (unpaired) electrons. The monoisotopic (exact) mass is 416 g/mol. The van der Waals surface area contributed by atoms with Gasteiger partial charge in [0.15, 0.2) is 5.84 Å². The Hall–Kier alpha value is -3.52. The summed E-state index contributed by atoms with van der Waals surface area (Å²) >= 11 is 6.06. The van der Waals surface area contributed by atoms with E-state index in [2.05, 4.69) is 5.16 Å². The number of carbonyl (C=O) groups is 2. The number of fused-ring (bicyclic) bond motifs is 1. The van der Waals surface area contributed by atoms with Crippen LogP contribution in [0.3, 0.4) is 0 Å². The Balaban J connectivity index is 1.83. The molecule has 0 fully saturated rings. The number of furan rings is 1. The van der Waals surface area contributed by atoms with Gasteiger partial charge in [-0.3, -0.25) is 0 Å². The minimum atomic E-state index is -1.15. The van der Waals surface area contributed by atoms with Crippen LogP contribution in [-0.4, -0.2) is 28.1 Å². The summed E-state index contributed by atoms with van der Waals surface area (Å²) in [5.74, 6) is -2.09. The van der Waals surface area contributed by atoms with Crippen LogP contribution >= 0.6 is 11.6 Å². The third-order valence-corrected chi connectivity index (χ3v) is 4.84. The van der Waals surface area contributed by atoms with Crippen LogP contribution in [0.15, 0.2) is 39.9 Å². The van der Waals surface area contributed by atoms with Crippen LogP contribution in [0.4, 0.5) is 0 Å². The molecule has 0 aliphatic carbocycles. The minimum Gasteiger partial charge on any atom is -0.475 e. The van der Waals surface area contributed by atoms with E-state index in [1.807, 2.05) is 13.0 Å². The van der Waals surface area contributed by atoms with Crippen molar-refractivity contribution in [3.05, 3.63) is 68.9 Å².